The van der Waals surface area contributed by atoms with Crippen LogP contribution in [0, 0.1) is 11.3 Å². The predicted molar refractivity (Wildman–Crippen MR) is 71.4 cm³/mol. The molecule has 0 heterocycles. The highest BCUT2D eigenvalue weighted by molar-refractivity contribution is 5.81. The Morgan fingerprint density at radius 3 is 2.31 bits per heavy atom. The highest BCUT2D eigenvalue weighted by Crippen LogP contribution is 2.26. The molecule has 0 aliphatic heterocycles. The fourth-order valence-electron chi connectivity index (χ4n) is 1.78. The van der Waals surface area contributed by atoms with Gasteiger partial charge in [0.2, 0.25) is 0 Å². The summed E-state index contributed by atoms with van der Waals surface area (Å²) in [4.78, 5) is 12.1. The summed E-state index contributed by atoms with van der Waals surface area (Å²) in [6.07, 6.45) is 5.18. The maximum absolute atomic E-state index is 12.1. The predicted octanol–water partition coefficient (Wildman–Crippen LogP) is 4.54. The van der Waals surface area contributed by atoms with E-state index >= 15 is 0 Å². The van der Waals surface area contributed by atoms with Crippen LogP contribution in [0.15, 0.2) is 24.8 Å². The number of hydrogen-bond donors (Lipinski definition) is 0. The molecule has 1 nitrogen and oxygen atoms in total. The van der Waals surface area contributed by atoms with E-state index in [1.54, 1.807) is 0 Å². The number of rotatable bonds is 7. The van der Waals surface area contributed by atoms with E-state index in [1.807, 2.05) is 13.0 Å². The van der Waals surface area contributed by atoms with Crippen molar-refractivity contribution in [1.29, 1.82) is 0 Å². The first kappa shape index (κ1) is 15.2. The zero-order valence-corrected chi connectivity index (χ0v) is 11.3. The molecule has 0 aliphatic carbocycles. The number of ketones is 1. The Morgan fingerprint density at radius 2 is 1.94 bits per heavy atom. The van der Waals surface area contributed by atoms with E-state index in [2.05, 4.69) is 33.9 Å². The van der Waals surface area contributed by atoms with Gasteiger partial charge >= 0.3 is 0 Å². The Kier molecular flexibility index (Phi) is 6.32. The lowest BCUT2D eigenvalue weighted by molar-refractivity contribution is -0.124. The van der Waals surface area contributed by atoms with Gasteiger partial charge in [0.15, 0.2) is 0 Å². The summed E-state index contributed by atoms with van der Waals surface area (Å²) >= 11 is 0. The number of allylic oxidation sites excluding steroid dienone is 2. The van der Waals surface area contributed by atoms with Crippen molar-refractivity contribution < 1.29 is 4.79 Å². The molecule has 0 spiro atoms. The molecule has 1 heteroatoms. The van der Waals surface area contributed by atoms with Crippen LogP contribution >= 0.6 is 0 Å². The van der Waals surface area contributed by atoms with Crippen molar-refractivity contribution in [1.82, 2.24) is 0 Å². The summed E-state index contributed by atoms with van der Waals surface area (Å²) in [6, 6.07) is 0. The minimum absolute atomic E-state index is 0.0819. The molecule has 92 valence electrons. The Labute approximate surface area is 101 Å². The van der Waals surface area contributed by atoms with Gasteiger partial charge in [0, 0.05) is 12.3 Å². The van der Waals surface area contributed by atoms with Gasteiger partial charge in [-0.25, -0.2) is 0 Å². The van der Waals surface area contributed by atoms with Crippen molar-refractivity contribution >= 4 is 5.78 Å². The maximum Gasteiger partial charge on any atom is 0.136 e. The SMILES string of the molecule is C=CCCC(CC(=C)C)C(=O)CC(C)(C)C. The summed E-state index contributed by atoms with van der Waals surface area (Å²) in [6.45, 7) is 15.9. The van der Waals surface area contributed by atoms with Crippen LogP contribution in [-0.4, -0.2) is 5.78 Å². The van der Waals surface area contributed by atoms with Crippen molar-refractivity contribution in [2.45, 2.75) is 53.4 Å². The van der Waals surface area contributed by atoms with Gasteiger partial charge in [0.25, 0.3) is 0 Å². The van der Waals surface area contributed by atoms with Crippen LogP contribution in [0.1, 0.15) is 53.4 Å². The van der Waals surface area contributed by atoms with E-state index in [0.29, 0.717) is 12.2 Å². The highest BCUT2D eigenvalue weighted by Gasteiger charge is 2.23. The molecule has 0 radical (unpaired) electrons. The normalized spacial score (nSPS) is 13.2. The zero-order valence-electron chi connectivity index (χ0n) is 11.3. The van der Waals surface area contributed by atoms with Crippen LogP contribution in [0.4, 0.5) is 0 Å². The first-order valence-electron chi connectivity index (χ1n) is 6.04. The molecule has 16 heavy (non-hydrogen) atoms. The standard InChI is InChI=1S/C15H26O/c1-7-8-9-13(10-12(2)3)14(16)11-15(4,5)6/h7,13H,1-2,8-11H2,3-6H3. The quantitative estimate of drug-likeness (QED) is 0.578. The van der Waals surface area contributed by atoms with E-state index in [0.717, 1.165) is 24.8 Å². The van der Waals surface area contributed by atoms with Crippen LogP contribution < -0.4 is 0 Å². The average Bonchev–Trinajstić information content (AvgIpc) is 2.08. The largest absolute Gasteiger partial charge is 0.299 e. The lowest BCUT2D eigenvalue weighted by Gasteiger charge is -2.22. The van der Waals surface area contributed by atoms with Crippen LogP contribution in [0.25, 0.3) is 0 Å². The monoisotopic (exact) mass is 222 g/mol. The van der Waals surface area contributed by atoms with Gasteiger partial charge in [-0.05, 0) is 31.6 Å². The molecular formula is C15H26O. The molecule has 0 bridgehead atoms. The molecule has 0 amide bonds. The molecule has 1 atom stereocenters. The zero-order chi connectivity index (χ0) is 12.8. The second-order valence-corrected chi connectivity index (χ2v) is 5.93. The molecule has 0 aromatic carbocycles. The van der Waals surface area contributed by atoms with Gasteiger partial charge in [-0.1, -0.05) is 32.4 Å². The second kappa shape index (κ2) is 6.67. The highest BCUT2D eigenvalue weighted by atomic mass is 16.1. The Bertz CT molecular complexity index is 255. The van der Waals surface area contributed by atoms with Gasteiger partial charge < -0.3 is 0 Å². The van der Waals surface area contributed by atoms with Gasteiger partial charge in [-0.3, -0.25) is 4.79 Å². The Morgan fingerprint density at radius 1 is 1.38 bits per heavy atom. The van der Waals surface area contributed by atoms with E-state index in [4.69, 9.17) is 0 Å². The lowest BCUT2D eigenvalue weighted by Crippen LogP contribution is -2.21. The molecule has 0 saturated carbocycles. The molecule has 0 aromatic heterocycles. The summed E-state index contributed by atoms with van der Waals surface area (Å²) in [5, 5.41) is 0. The van der Waals surface area contributed by atoms with E-state index in [-0.39, 0.29) is 11.3 Å². The Balaban J connectivity index is 4.42. The van der Waals surface area contributed by atoms with Gasteiger partial charge in [0.05, 0.1) is 0 Å². The third kappa shape index (κ3) is 7.44. The van der Waals surface area contributed by atoms with E-state index in [9.17, 15) is 4.79 Å². The first-order chi connectivity index (χ1) is 7.26. The van der Waals surface area contributed by atoms with E-state index < -0.39 is 0 Å². The first-order valence-corrected chi connectivity index (χ1v) is 6.04. The summed E-state index contributed by atoms with van der Waals surface area (Å²) < 4.78 is 0. The number of hydrogen-bond acceptors (Lipinski definition) is 1. The van der Waals surface area contributed by atoms with Crippen molar-refractivity contribution in [2.75, 3.05) is 0 Å². The molecule has 0 aromatic rings. The molecule has 0 rings (SSSR count). The van der Waals surface area contributed by atoms with Crippen LogP contribution in [0.3, 0.4) is 0 Å². The number of carbonyl (C=O) groups is 1. The molecular weight excluding hydrogens is 196 g/mol. The summed E-state index contributed by atoms with van der Waals surface area (Å²) in [7, 11) is 0. The molecule has 0 aliphatic rings. The van der Waals surface area contributed by atoms with Crippen molar-refractivity contribution in [3.8, 4) is 0 Å². The average molecular weight is 222 g/mol. The smallest absolute Gasteiger partial charge is 0.136 e. The number of Topliss-reactive ketones (excluding diaryl/α,β-unsaturated/α-hetero) is 1. The lowest BCUT2D eigenvalue weighted by atomic mass is 9.82. The molecule has 0 fully saturated rings. The second-order valence-electron chi connectivity index (χ2n) is 5.93. The fraction of sp³-hybridized carbons (Fsp3) is 0.667. The third-order valence-electron chi connectivity index (χ3n) is 2.47. The molecule has 0 N–H and O–H groups in total. The van der Waals surface area contributed by atoms with Gasteiger partial charge in [-0.2, -0.15) is 0 Å². The number of carbonyl (C=O) groups excluding carboxylic acids is 1. The fourth-order valence-corrected chi connectivity index (χ4v) is 1.78. The maximum atomic E-state index is 12.1. The summed E-state index contributed by atoms with van der Waals surface area (Å²) in [5.41, 5.74) is 1.18. The van der Waals surface area contributed by atoms with Crippen molar-refractivity contribution in [2.24, 2.45) is 11.3 Å². The van der Waals surface area contributed by atoms with Gasteiger partial charge in [0.1, 0.15) is 5.78 Å². The third-order valence-corrected chi connectivity index (χ3v) is 2.47. The van der Waals surface area contributed by atoms with Crippen LogP contribution in [0.5, 0.6) is 0 Å². The minimum atomic E-state index is 0.0819. The van der Waals surface area contributed by atoms with Crippen molar-refractivity contribution in [3.63, 3.8) is 0 Å². The topological polar surface area (TPSA) is 17.1 Å². The molecule has 1 unspecified atom stereocenters. The van der Waals surface area contributed by atoms with Crippen LogP contribution in [0.2, 0.25) is 0 Å². The van der Waals surface area contributed by atoms with Crippen LogP contribution in [-0.2, 0) is 4.79 Å². The Hall–Kier alpha value is -0.850. The van der Waals surface area contributed by atoms with Gasteiger partial charge in [-0.15, -0.1) is 13.2 Å². The minimum Gasteiger partial charge on any atom is -0.299 e. The van der Waals surface area contributed by atoms with Crippen molar-refractivity contribution in [3.05, 3.63) is 24.8 Å². The summed E-state index contributed by atoms with van der Waals surface area (Å²) in [5.74, 6) is 0.507. The molecule has 0 saturated heterocycles. The van der Waals surface area contributed by atoms with E-state index in [1.165, 1.54) is 0 Å².